The second-order valence-corrected chi connectivity index (χ2v) is 5.99. The van der Waals surface area contributed by atoms with Gasteiger partial charge in [-0.3, -0.25) is 0 Å². The van der Waals surface area contributed by atoms with E-state index in [-0.39, 0.29) is 17.8 Å². The van der Waals surface area contributed by atoms with E-state index in [4.69, 9.17) is 5.73 Å². The molecule has 0 aromatic heterocycles. The predicted octanol–water partition coefficient (Wildman–Crippen LogP) is 3.42. The Labute approximate surface area is 125 Å². The summed E-state index contributed by atoms with van der Waals surface area (Å²) in [6.45, 7) is 3.38. The molecule has 3 heteroatoms. The normalized spacial score (nSPS) is 20.1. The number of nitrogens with zero attached hydrogens (tertiary/aromatic N) is 1. The molecule has 0 amide bonds. The highest BCUT2D eigenvalue weighted by atomic mass is 19.1. The standard InChI is InChI=1S/C18H21FN2/c1-12(20)14-8-9-15-16(13-6-4-3-5-7-13)10-21(2)11-17(15)18(14)19/h3-9,12,16H,10-11,20H2,1-2H3. The predicted molar refractivity (Wildman–Crippen MR) is 83.6 cm³/mol. The number of benzene rings is 2. The van der Waals surface area contributed by atoms with Crippen LogP contribution in [0.4, 0.5) is 4.39 Å². The first kappa shape index (κ1) is 14.2. The van der Waals surface area contributed by atoms with Crippen LogP contribution in [0.15, 0.2) is 42.5 Å². The summed E-state index contributed by atoms with van der Waals surface area (Å²) in [5.41, 5.74) is 9.61. The molecule has 1 heterocycles. The van der Waals surface area contributed by atoms with E-state index >= 15 is 0 Å². The van der Waals surface area contributed by atoms with Gasteiger partial charge >= 0.3 is 0 Å². The number of hydrogen-bond donors (Lipinski definition) is 1. The molecule has 2 unspecified atom stereocenters. The molecular formula is C18H21FN2. The van der Waals surface area contributed by atoms with Crippen LogP contribution in [0.3, 0.4) is 0 Å². The summed E-state index contributed by atoms with van der Waals surface area (Å²) in [5.74, 6) is 0.0894. The van der Waals surface area contributed by atoms with E-state index in [9.17, 15) is 4.39 Å². The van der Waals surface area contributed by atoms with Crippen LogP contribution in [0.1, 0.15) is 41.1 Å². The van der Waals surface area contributed by atoms with Gasteiger partial charge in [-0.25, -0.2) is 4.39 Å². The number of fused-ring (bicyclic) bond motifs is 1. The summed E-state index contributed by atoms with van der Waals surface area (Å²) in [4.78, 5) is 2.17. The van der Waals surface area contributed by atoms with Gasteiger partial charge in [0.15, 0.2) is 0 Å². The second-order valence-electron chi connectivity index (χ2n) is 5.99. The average Bonchev–Trinajstić information content (AvgIpc) is 2.48. The lowest BCUT2D eigenvalue weighted by atomic mass is 9.83. The monoisotopic (exact) mass is 284 g/mol. The van der Waals surface area contributed by atoms with Crippen molar-refractivity contribution < 1.29 is 4.39 Å². The molecule has 0 saturated carbocycles. The minimum Gasteiger partial charge on any atom is -0.324 e. The summed E-state index contributed by atoms with van der Waals surface area (Å²) in [7, 11) is 2.04. The first-order valence-electron chi connectivity index (χ1n) is 7.38. The largest absolute Gasteiger partial charge is 0.324 e. The molecule has 21 heavy (non-hydrogen) atoms. The SMILES string of the molecule is CC(N)c1ccc2c(c1F)CN(C)CC2c1ccccc1. The van der Waals surface area contributed by atoms with Gasteiger partial charge in [0, 0.05) is 36.2 Å². The van der Waals surface area contributed by atoms with Crippen molar-refractivity contribution in [3.8, 4) is 0 Å². The first-order chi connectivity index (χ1) is 10.1. The molecule has 3 rings (SSSR count). The third-order valence-electron chi connectivity index (χ3n) is 4.30. The quantitative estimate of drug-likeness (QED) is 0.915. The van der Waals surface area contributed by atoms with Crippen LogP contribution in [0, 0.1) is 5.82 Å². The maximum atomic E-state index is 14.8. The molecule has 0 aliphatic carbocycles. The van der Waals surface area contributed by atoms with Gasteiger partial charge < -0.3 is 10.6 Å². The maximum absolute atomic E-state index is 14.8. The average molecular weight is 284 g/mol. The minimum absolute atomic E-state index is 0.130. The summed E-state index contributed by atoms with van der Waals surface area (Å²) in [6, 6.07) is 13.9. The zero-order valence-corrected chi connectivity index (χ0v) is 12.5. The molecule has 0 fully saturated rings. The van der Waals surface area contributed by atoms with Crippen molar-refractivity contribution in [1.82, 2.24) is 4.90 Å². The molecule has 0 radical (unpaired) electrons. The molecule has 0 spiro atoms. The Bertz CT molecular complexity index is 637. The topological polar surface area (TPSA) is 29.3 Å². The van der Waals surface area contributed by atoms with Gasteiger partial charge in [0.2, 0.25) is 0 Å². The zero-order chi connectivity index (χ0) is 15.0. The van der Waals surface area contributed by atoms with Crippen LogP contribution in [-0.2, 0) is 6.54 Å². The number of hydrogen-bond acceptors (Lipinski definition) is 2. The Morgan fingerprint density at radius 2 is 1.90 bits per heavy atom. The Balaban J connectivity index is 2.12. The fraction of sp³-hybridized carbons (Fsp3) is 0.333. The Hall–Kier alpha value is -1.71. The van der Waals surface area contributed by atoms with Crippen LogP contribution in [-0.4, -0.2) is 18.5 Å². The molecule has 1 aliphatic heterocycles. The van der Waals surface area contributed by atoms with Crippen molar-refractivity contribution in [2.24, 2.45) is 5.73 Å². The van der Waals surface area contributed by atoms with Crippen molar-refractivity contribution in [1.29, 1.82) is 0 Å². The molecule has 2 N–H and O–H groups in total. The zero-order valence-electron chi connectivity index (χ0n) is 12.5. The van der Waals surface area contributed by atoms with E-state index in [0.717, 1.165) is 17.7 Å². The van der Waals surface area contributed by atoms with Gasteiger partial charge in [0.05, 0.1) is 0 Å². The van der Waals surface area contributed by atoms with Gasteiger partial charge in [-0.15, -0.1) is 0 Å². The number of likely N-dealkylation sites (N-methyl/N-ethyl adjacent to an activating group) is 1. The van der Waals surface area contributed by atoms with E-state index < -0.39 is 0 Å². The van der Waals surface area contributed by atoms with Crippen LogP contribution < -0.4 is 5.73 Å². The van der Waals surface area contributed by atoms with Gasteiger partial charge in [-0.05, 0) is 25.1 Å². The van der Waals surface area contributed by atoms with E-state index in [1.165, 1.54) is 5.56 Å². The van der Waals surface area contributed by atoms with Gasteiger partial charge in [-0.2, -0.15) is 0 Å². The summed E-state index contributed by atoms with van der Waals surface area (Å²) >= 11 is 0. The van der Waals surface area contributed by atoms with Crippen LogP contribution in [0.2, 0.25) is 0 Å². The van der Waals surface area contributed by atoms with Crippen molar-refractivity contribution in [2.45, 2.75) is 25.4 Å². The summed E-state index contributed by atoms with van der Waals surface area (Å²) in [6.07, 6.45) is 0. The molecule has 0 bridgehead atoms. The molecule has 110 valence electrons. The molecular weight excluding hydrogens is 263 g/mol. The van der Waals surface area contributed by atoms with Crippen molar-refractivity contribution in [3.05, 3.63) is 70.5 Å². The van der Waals surface area contributed by atoms with E-state index in [2.05, 4.69) is 23.1 Å². The lowest BCUT2D eigenvalue weighted by Crippen LogP contribution is -2.32. The van der Waals surface area contributed by atoms with Crippen LogP contribution >= 0.6 is 0 Å². The molecule has 2 aromatic rings. The Kier molecular flexibility index (Phi) is 3.79. The van der Waals surface area contributed by atoms with Crippen LogP contribution in [0.25, 0.3) is 0 Å². The molecule has 2 atom stereocenters. The van der Waals surface area contributed by atoms with E-state index in [1.54, 1.807) is 0 Å². The Morgan fingerprint density at radius 1 is 1.19 bits per heavy atom. The van der Waals surface area contributed by atoms with Crippen molar-refractivity contribution in [2.75, 3.05) is 13.6 Å². The molecule has 1 aliphatic rings. The maximum Gasteiger partial charge on any atom is 0.132 e. The van der Waals surface area contributed by atoms with Gasteiger partial charge in [0.1, 0.15) is 5.82 Å². The lowest BCUT2D eigenvalue weighted by molar-refractivity contribution is 0.288. The fourth-order valence-corrected chi connectivity index (χ4v) is 3.21. The fourth-order valence-electron chi connectivity index (χ4n) is 3.21. The number of nitrogens with two attached hydrogens (primary N) is 1. The molecule has 0 saturated heterocycles. The van der Waals surface area contributed by atoms with E-state index in [1.807, 2.05) is 38.2 Å². The highest BCUT2D eigenvalue weighted by molar-refractivity contribution is 5.44. The smallest absolute Gasteiger partial charge is 0.132 e. The third kappa shape index (κ3) is 2.59. The third-order valence-corrected chi connectivity index (χ3v) is 4.30. The molecule has 2 aromatic carbocycles. The lowest BCUT2D eigenvalue weighted by Gasteiger charge is -2.33. The van der Waals surface area contributed by atoms with Gasteiger partial charge in [0.25, 0.3) is 0 Å². The van der Waals surface area contributed by atoms with Crippen LogP contribution in [0.5, 0.6) is 0 Å². The summed E-state index contributed by atoms with van der Waals surface area (Å²) in [5, 5.41) is 0. The summed E-state index contributed by atoms with van der Waals surface area (Å²) < 4.78 is 14.8. The van der Waals surface area contributed by atoms with E-state index in [0.29, 0.717) is 12.1 Å². The van der Waals surface area contributed by atoms with Crippen molar-refractivity contribution >= 4 is 0 Å². The first-order valence-corrected chi connectivity index (χ1v) is 7.38. The number of halogens is 1. The van der Waals surface area contributed by atoms with Crippen molar-refractivity contribution in [3.63, 3.8) is 0 Å². The minimum atomic E-state index is -0.280. The number of rotatable bonds is 2. The highest BCUT2D eigenvalue weighted by Crippen LogP contribution is 2.35. The second kappa shape index (κ2) is 5.58. The molecule has 2 nitrogen and oxygen atoms in total. The van der Waals surface area contributed by atoms with Gasteiger partial charge in [-0.1, -0.05) is 42.5 Å². The highest BCUT2D eigenvalue weighted by Gasteiger charge is 2.28. The Morgan fingerprint density at radius 3 is 2.57 bits per heavy atom.